The number of rotatable bonds is 2. The minimum absolute atomic E-state index is 0.600. The zero-order valence-electron chi connectivity index (χ0n) is 9.18. The fraction of sp³-hybridized carbons (Fsp3) is 1.00. The van der Waals surface area contributed by atoms with Gasteiger partial charge in [0.1, 0.15) is 0 Å². The monoisotopic (exact) mass is 179 g/mol. The average molecular weight is 179 g/mol. The molecule has 1 atom stereocenters. The normalized spacial score (nSPS) is 10.6. The van der Waals surface area contributed by atoms with Crippen molar-refractivity contribution < 1.29 is 0 Å². The molecule has 72 valence electrons. The summed E-state index contributed by atoms with van der Waals surface area (Å²) in [6.45, 7) is 10.1. The van der Waals surface area contributed by atoms with Gasteiger partial charge in [-0.1, -0.05) is 27.7 Å². The molecular weight excluding hydrogens is 154 g/mol. The molecule has 0 heterocycles. The lowest BCUT2D eigenvalue weighted by atomic mass is 10.4. The van der Waals surface area contributed by atoms with Crippen molar-refractivity contribution in [2.75, 3.05) is 19.8 Å². The van der Waals surface area contributed by atoms with Crippen LogP contribution in [0.15, 0.2) is 0 Å². The van der Waals surface area contributed by atoms with E-state index in [1.165, 1.54) is 0 Å². The van der Waals surface area contributed by atoms with Crippen LogP contribution in [-0.4, -0.2) is 30.8 Å². The molecule has 0 aromatic heterocycles. The molecule has 1 unspecified atom stereocenters. The van der Waals surface area contributed by atoms with Gasteiger partial charge >= 0.3 is 0 Å². The van der Waals surface area contributed by atoms with E-state index in [-0.39, 0.29) is 0 Å². The number of hydrogen-bond acceptors (Lipinski definition) is 2. The first kappa shape index (κ1) is 17.4. The smallest absolute Gasteiger partial charge is 0.0149 e. The lowest BCUT2D eigenvalue weighted by Crippen LogP contribution is -2.25. The van der Waals surface area contributed by atoms with E-state index in [1.54, 1.807) is 0 Å². The highest BCUT2D eigenvalue weighted by Crippen LogP contribution is 1.91. The van der Waals surface area contributed by atoms with Crippen LogP contribution in [0.3, 0.4) is 0 Å². The van der Waals surface area contributed by atoms with Crippen molar-refractivity contribution in [3.05, 3.63) is 0 Å². The number of thiol groups is 1. The van der Waals surface area contributed by atoms with Gasteiger partial charge in [-0.3, -0.25) is 0 Å². The molecule has 1 nitrogen and oxygen atoms in total. The van der Waals surface area contributed by atoms with Crippen molar-refractivity contribution in [1.82, 2.24) is 4.90 Å². The van der Waals surface area contributed by atoms with E-state index in [4.69, 9.17) is 0 Å². The second-order valence-electron chi connectivity index (χ2n) is 2.00. The van der Waals surface area contributed by atoms with E-state index in [2.05, 4.69) is 38.5 Å². The maximum Gasteiger partial charge on any atom is 0.0149 e. The Kier molecular flexibility index (Phi) is 26.5. The van der Waals surface area contributed by atoms with Crippen LogP contribution in [-0.2, 0) is 0 Å². The molecule has 0 saturated heterocycles. The van der Waals surface area contributed by atoms with E-state index in [0.29, 0.717) is 6.04 Å². The van der Waals surface area contributed by atoms with Gasteiger partial charge in [0.05, 0.1) is 0 Å². The van der Waals surface area contributed by atoms with Crippen molar-refractivity contribution in [2.45, 2.75) is 40.7 Å². The summed E-state index contributed by atoms with van der Waals surface area (Å²) in [5.41, 5.74) is 0. The van der Waals surface area contributed by atoms with Gasteiger partial charge in [0.25, 0.3) is 0 Å². The third-order valence-corrected chi connectivity index (χ3v) is 1.67. The second-order valence-corrected chi connectivity index (χ2v) is 2.36. The molecule has 0 spiro atoms. The quantitative estimate of drug-likeness (QED) is 0.638. The van der Waals surface area contributed by atoms with Gasteiger partial charge in [-0.25, -0.2) is 0 Å². The van der Waals surface area contributed by atoms with Gasteiger partial charge in [0.2, 0.25) is 0 Å². The summed E-state index contributed by atoms with van der Waals surface area (Å²) in [7, 11) is 4.11. The molecule has 0 fully saturated rings. The van der Waals surface area contributed by atoms with Crippen LogP contribution in [0.1, 0.15) is 34.6 Å². The third kappa shape index (κ3) is 17.9. The number of nitrogens with zero attached hydrogens (tertiary/aromatic N) is 1. The van der Waals surface area contributed by atoms with Gasteiger partial charge in [0.15, 0.2) is 0 Å². The minimum atomic E-state index is 0.600. The van der Waals surface area contributed by atoms with Crippen molar-refractivity contribution >= 4 is 12.6 Å². The molecule has 0 aromatic carbocycles. The Hall–Kier alpha value is 0.310. The largest absolute Gasteiger partial charge is 0.306 e. The summed E-state index contributed by atoms with van der Waals surface area (Å²) in [5.74, 6) is 0.938. The molecule has 0 aliphatic rings. The van der Waals surface area contributed by atoms with E-state index < -0.39 is 0 Å². The molecule has 11 heavy (non-hydrogen) atoms. The van der Waals surface area contributed by atoms with Crippen LogP contribution in [0.4, 0.5) is 0 Å². The predicted molar refractivity (Wildman–Crippen MR) is 59.7 cm³/mol. The van der Waals surface area contributed by atoms with Crippen molar-refractivity contribution in [3.8, 4) is 0 Å². The van der Waals surface area contributed by atoms with E-state index >= 15 is 0 Å². The summed E-state index contributed by atoms with van der Waals surface area (Å²) in [5, 5.41) is 0. The van der Waals surface area contributed by atoms with Crippen LogP contribution in [0.25, 0.3) is 0 Å². The highest BCUT2D eigenvalue weighted by atomic mass is 32.1. The first-order chi connectivity index (χ1) is 5.18. The van der Waals surface area contributed by atoms with Crippen LogP contribution in [0, 0.1) is 0 Å². The minimum Gasteiger partial charge on any atom is -0.306 e. The highest BCUT2D eigenvalue weighted by molar-refractivity contribution is 7.80. The maximum atomic E-state index is 4.11. The Labute approximate surface area is 78.6 Å². The average Bonchev–Trinajstić information content (AvgIpc) is 2.10. The fourth-order valence-corrected chi connectivity index (χ4v) is 0.490. The molecule has 0 saturated carbocycles. The molecule has 0 aliphatic carbocycles. The molecule has 2 heteroatoms. The topological polar surface area (TPSA) is 3.24 Å². The third-order valence-electron chi connectivity index (χ3n) is 1.15. The van der Waals surface area contributed by atoms with Gasteiger partial charge in [-0.05, 0) is 21.0 Å². The predicted octanol–water partition coefficient (Wildman–Crippen LogP) is 2.92. The summed E-state index contributed by atoms with van der Waals surface area (Å²) in [6, 6.07) is 0.600. The van der Waals surface area contributed by atoms with Gasteiger partial charge in [-0.15, -0.1) is 0 Å². The molecule has 0 rings (SSSR count). The Morgan fingerprint density at radius 3 is 1.36 bits per heavy atom. The second kappa shape index (κ2) is 16.7. The zero-order valence-corrected chi connectivity index (χ0v) is 10.1. The Bertz CT molecular complexity index is 46.8. The van der Waals surface area contributed by atoms with Gasteiger partial charge in [-0.2, -0.15) is 12.6 Å². The van der Waals surface area contributed by atoms with Crippen molar-refractivity contribution in [1.29, 1.82) is 0 Å². The summed E-state index contributed by atoms with van der Waals surface area (Å²) >= 11 is 4.11. The molecule has 0 amide bonds. The zero-order chi connectivity index (χ0) is 9.86. The van der Waals surface area contributed by atoms with E-state index in [1.807, 2.05) is 27.7 Å². The highest BCUT2D eigenvalue weighted by Gasteiger charge is 1.97. The van der Waals surface area contributed by atoms with Gasteiger partial charge in [0, 0.05) is 11.8 Å². The van der Waals surface area contributed by atoms with Crippen LogP contribution >= 0.6 is 12.6 Å². The SMILES string of the molecule is CC.CC.CC(CS)N(C)C. The molecular formula is C9H25NS. The molecule has 0 bridgehead atoms. The van der Waals surface area contributed by atoms with E-state index in [0.717, 1.165) is 5.75 Å². The molecule has 0 aliphatic heterocycles. The van der Waals surface area contributed by atoms with Crippen molar-refractivity contribution in [3.63, 3.8) is 0 Å². The lowest BCUT2D eigenvalue weighted by molar-refractivity contribution is 0.340. The summed E-state index contributed by atoms with van der Waals surface area (Å²) in [6.07, 6.45) is 0. The van der Waals surface area contributed by atoms with Crippen LogP contribution in [0.2, 0.25) is 0 Å². The van der Waals surface area contributed by atoms with E-state index in [9.17, 15) is 0 Å². The number of hydrogen-bond donors (Lipinski definition) is 1. The standard InChI is InChI=1S/C5H13NS.2C2H6/c1-5(4-7)6(2)3;2*1-2/h5,7H,4H2,1-3H3;2*1-2H3. The Morgan fingerprint density at radius 1 is 1.09 bits per heavy atom. The first-order valence-corrected chi connectivity index (χ1v) is 5.09. The lowest BCUT2D eigenvalue weighted by Gasteiger charge is -2.15. The fourth-order valence-electron chi connectivity index (χ4n) is 0.163. The van der Waals surface area contributed by atoms with Crippen molar-refractivity contribution in [2.24, 2.45) is 0 Å². The van der Waals surface area contributed by atoms with Gasteiger partial charge < -0.3 is 4.90 Å². The molecule has 0 radical (unpaired) electrons. The van der Waals surface area contributed by atoms with Crippen LogP contribution < -0.4 is 0 Å². The summed E-state index contributed by atoms with van der Waals surface area (Å²) in [4.78, 5) is 2.15. The molecule has 0 aromatic rings. The Morgan fingerprint density at radius 2 is 1.36 bits per heavy atom. The maximum absolute atomic E-state index is 4.11. The first-order valence-electron chi connectivity index (χ1n) is 4.45. The molecule has 0 N–H and O–H groups in total. The Balaban J connectivity index is -0.000000138. The summed E-state index contributed by atoms with van der Waals surface area (Å²) < 4.78 is 0. The van der Waals surface area contributed by atoms with Crippen LogP contribution in [0.5, 0.6) is 0 Å².